The van der Waals surface area contributed by atoms with Crippen molar-refractivity contribution in [1.29, 1.82) is 0 Å². The van der Waals surface area contributed by atoms with Crippen molar-refractivity contribution in [3.63, 3.8) is 0 Å². The maximum Gasteiger partial charge on any atom is 0.242 e. The van der Waals surface area contributed by atoms with Crippen molar-refractivity contribution in [1.82, 2.24) is 10.2 Å². The molecule has 1 atom stereocenters. The van der Waals surface area contributed by atoms with Crippen molar-refractivity contribution in [2.75, 3.05) is 32.8 Å². The Morgan fingerprint density at radius 1 is 1.29 bits per heavy atom. The van der Waals surface area contributed by atoms with E-state index in [1.807, 2.05) is 4.90 Å². The number of hydrogen-bond donors (Lipinski definition) is 2. The van der Waals surface area contributed by atoms with Crippen LogP contribution >= 0.6 is 23.2 Å². The average molecular weight is 373 g/mol. The molecule has 132 valence electrons. The van der Waals surface area contributed by atoms with E-state index in [1.165, 1.54) is 6.07 Å². The van der Waals surface area contributed by atoms with E-state index in [1.54, 1.807) is 6.07 Å². The number of phenolic OH excluding ortho intramolecular Hbond substituents is 1. The topological polar surface area (TPSA) is 61.8 Å². The van der Waals surface area contributed by atoms with Crippen LogP contribution in [0.25, 0.3) is 0 Å². The normalized spacial score (nSPS) is 22.6. The van der Waals surface area contributed by atoms with Gasteiger partial charge in [-0.1, -0.05) is 23.2 Å². The molecule has 0 radical (unpaired) electrons. The lowest BCUT2D eigenvalue weighted by Crippen LogP contribution is -2.54. The summed E-state index contributed by atoms with van der Waals surface area (Å²) in [5.41, 5.74) is 0.816. The minimum atomic E-state index is -0.214. The Morgan fingerprint density at radius 3 is 2.67 bits per heavy atom. The van der Waals surface area contributed by atoms with E-state index in [-0.39, 0.29) is 17.7 Å². The summed E-state index contributed by atoms with van der Waals surface area (Å²) in [6, 6.07) is 3.02. The first-order chi connectivity index (χ1) is 11.5. The Hall–Kier alpha value is -1.01. The van der Waals surface area contributed by atoms with Gasteiger partial charge in [0.25, 0.3) is 0 Å². The third-order valence-electron chi connectivity index (χ3n) is 4.78. The number of piperidine rings is 1. The summed E-state index contributed by atoms with van der Waals surface area (Å²) in [5.74, 6) is 0.741. The Balaban J connectivity index is 1.53. The van der Waals surface area contributed by atoms with Gasteiger partial charge in [-0.25, -0.2) is 0 Å². The second-order valence-corrected chi connectivity index (χ2v) is 7.26. The second-order valence-electron chi connectivity index (χ2n) is 6.45. The molecule has 2 aliphatic rings. The lowest BCUT2D eigenvalue weighted by atomic mass is 9.89. The van der Waals surface area contributed by atoms with E-state index in [2.05, 4.69) is 5.32 Å². The van der Waals surface area contributed by atoms with E-state index < -0.39 is 0 Å². The highest BCUT2D eigenvalue weighted by molar-refractivity contribution is 6.42. The van der Waals surface area contributed by atoms with Crippen LogP contribution in [0.1, 0.15) is 18.4 Å². The molecule has 0 unspecified atom stereocenters. The monoisotopic (exact) mass is 372 g/mol. The summed E-state index contributed by atoms with van der Waals surface area (Å²) < 4.78 is 5.37. The molecule has 0 bridgehead atoms. The van der Waals surface area contributed by atoms with Crippen molar-refractivity contribution in [2.45, 2.75) is 25.3 Å². The number of nitrogens with one attached hydrogen (secondary N) is 1. The number of benzene rings is 1. The van der Waals surface area contributed by atoms with Crippen molar-refractivity contribution in [2.24, 2.45) is 5.92 Å². The molecular weight excluding hydrogens is 351 g/mol. The maximum absolute atomic E-state index is 12.5. The number of carbonyl (C=O) groups excluding carboxylic acids is 1. The van der Waals surface area contributed by atoms with Gasteiger partial charge >= 0.3 is 0 Å². The number of ether oxygens (including phenoxy) is 1. The third kappa shape index (κ3) is 4.14. The number of halogens is 2. The Labute approximate surface area is 151 Å². The molecule has 1 aromatic carbocycles. The smallest absolute Gasteiger partial charge is 0.242 e. The van der Waals surface area contributed by atoms with Gasteiger partial charge in [0.05, 0.1) is 23.3 Å². The fourth-order valence-electron chi connectivity index (χ4n) is 3.35. The number of phenols is 1. The van der Waals surface area contributed by atoms with Gasteiger partial charge < -0.3 is 20.1 Å². The van der Waals surface area contributed by atoms with Crippen LogP contribution in [0.5, 0.6) is 5.75 Å². The molecule has 1 aromatic rings. The fraction of sp³-hybridized carbons (Fsp3) is 0.588. The van der Waals surface area contributed by atoms with E-state index in [0.717, 1.165) is 44.5 Å². The number of amides is 1. The number of nitrogens with zero attached hydrogens (tertiary/aromatic N) is 1. The van der Waals surface area contributed by atoms with E-state index >= 15 is 0 Å². The lowest BCUT2D eigenvalue weighted by molar-refractivity contribution is -0.137. The summed E-state index contributed by atoms with van der Waals surface area (Å²) in [7, 11) is 0. The number of carbonyl (C=O) groups is 1. The average Bonchev–Trinajstić information content (AvgIpc) is 2.60. The molecule has 0 spiro atoms. The van der Waals surface area contributed by atoms with Crippen LogP contribution in [0.2, 0.25) is 10.0 Å². The number of likely N-dealkylation sites (tertiary alicyclic amines) is 1. The molecule has 0 saturated carbocycles. The van der Waals surface area contributed by atoms with E-state index in [9.17, 15) is 9.90 Å². The maximum atomic E-state index is 12.5. The zero-order chi connectivity index (χ0) is 17.1. The Kier molecular flexibility index (Phi) is 5.87. The summed E-state index contributed by atoms with van der Waals surface area (Å²) in [6.07, 6.45) is 2.58. The van der Waals surface area contributed by atoms with E-state index in [0.29, 0.717) is 29.2 Å². The molecule has 2 N–H and O–H groups in total. The molecule has 7 heteroatoms. The quantitative estimate of drug-likeness (QED) is 0.855. The van der Waals surface area contributed by atoms with Crippen molar-refractivity contribution in [3.8, 4) is 5.75 Å². The zero-order valence-electron chi connectivity index (χ0n) is 13.4. The molecule has 1 amide bonds. The molecule has 0 aliphatic carbocycles. The minimum absolute atomic E-state index is 0.130. The van der Waals surface area contributed by atoms with Crippen LogP contribution in [0.15, 0.2) is 12.1 Å². The fourth-order valence-corrected chi connectivity index (χ4v) is 3.70. The molecule has 3 rings (SSSR count). The Bertz CT molecular complexity index is 598. The lowest BCUT2D eigenvalue weighted by Gasteiger charge is -2.35. The zero-order valence-corrected chi connectivity index (χ0v) is 14.9. The second kappa shape index (κ2) is 7.91. The van der Waals surface area contributed by atoms with Crippen LogP contribution in [0.4, 0.5) is 0 Å². The summed E-state index contributed by atoms with van der Waals surface area (Å²) in [5, 5.41) is 14.1. The molecular formula is C17H22Cl2N2O3. The van der Waals surface area contributed by atoms with Gasteiger partial charge in [-0.3, -0.25) is 4.79 Å². The summed E-state index contributed by atoms with van der Waals surface area (Å²) >= 11 is 11.9. The molecule has 2 heterocycles. The predicted octanol–water partition coefficient (Wildman–Crippen LogP) is 2.47. The highest BCUT2D eigenvalue weighted by Gasteiger charge is 2.29. The van der Waals surface area contributed by atoms with Crippen molar-refractivity contribution in [3.05, 3.63) is 27.7 Å². The molecule has 5 nitrogen and oxygen atoms in total. The SMILES string of the molecule is O=C([C@@H]1COCCN1)N1CCC(Cc2cc(Cl)c(Cl)cc2O)CC1. The first-order valence-corrected chi connectivity index (χ1v) is 9.07. The standard InChI is InChI=1S/C17H22Cl2N2O3/c18-13-8-12(16(22)9-14(13)19)7-11-1-4-21(5-2-11)17(23)15-10-24-6-3-20-15/h8-9,11,15,20,22H,1-7,10H2/t15-/m0/s1. The van der Waals surface area contributed by atoms with Crippen LogP contribution in [-0.2, 0) is 16.0 Å². The van der Waals surface area contributed by atoms with Gasteiger partial charge in [0.1, 0.15) is 11.8 Å². The third-order valence-corrected chi connectivity index (χ3v) is 5.50. The largest absolute Gasteiger partial charge is 0.508 e. The van der Waals surface area contributed by atoms with Crippen molar-refractivity contribution < 1.29 is 14.6 Å². The number of hydrogen-bond acceptors (Lipinski definition) is 4. The highest BCUT2D eigenvalue weighted by Crippen LogP contribution is 2.33. The highest BCUT2D eigenvalue weighted by atomic mass is 35.5. The Morgan fingerprint density at radius 2 is 2.00 bits per heavy atom. The van der Waals surface area contributed by atoms with Gasteiger partial charge in [0.2, 0.25) is 5.91 Å². The van der Waals surface area contributed by atoms with Crippen LogP contribution in [0, 0.1) is 5.92 Å². The minimum Gasteiger partial charge on any atom is -0.508 e. The first kappa shape index (κ1) is 17.8. The van der Waals surface area contributed by atoms with Gasteiger partial charge in [-0.05, 0) is 36.8 Å². The van der Waals surface area contributed by atoms with E-state index in [4.69, 9.17) is 27.9 Å². The first-order valence-electron chi connectivity index (χ1n) is 8.31. The van der Waals surface area contributed by atoms with Gasteiger partial charge in [0, 0.05) is 25.7 Å². The molecule has 0 aromatic heterocycles. The van der Waals surface area contributed by atoms with Gasteiger partial charge in [0.15, 0.2) is 0 Å². The summed E-state index contributed by atoms with van der Waals surface area (Å²) in [6.45, 7) is 3.33. The number of morpholine rings is 1. The van der Waals surface area contributed by atoms with Gasteiger partial charge in [-0.15, -0.1) is 0 Å². The number of aromatic hydroxyl groups is 1. The number of rotatable bonds is 3. The van der Waals surface area contributed by atoms with Gasteiger partial charge in [-0.2, -0.15) is 0 Å². The predicted molar refractivity (Wildman–Crippen MR) is 93.7 cm³/mol. The van der Waals surface area contributed by atoms with Crippen molar-refractivity contribution >= 4 is 29.1 Å². The molecule has 2 aliphatic heterocycles. The molecule has 24 heavy (non-hydrogen) atoms. The van der Waals surface area contributed by atoms with Crippen LogP contribution in [0.3, 0.4) is 0 Å². The van der Waals surface area contributed by atoms with Crippen LogP contribution in [-0.4, -0.2) is 54.8 Å². The van der Waals surface area contributed by atoms with Crippen LogP contribution < -0.4 is 5.32 Å². The molecule has 2 fully saturated rings. The summed E-state index contributed by atoms with van der Waals surface area (Å²) in [4.78, 5) is 14.4. The molecule has 2 saturated heterocycles.